The third kappa shape index (κ3) is 5.44. The fourth-order valence-electron chi connectivity index (χ4n) is 3.27. The number of amides is 1. The van der Waals surface area contributed by atoms with Gasteiger partial charge in [-0.15, -0.1) is 0 Å². The second-order valence-corrected chi connectivity index (χ2v) is 6.68. The molecule has 27 heavy (non-hydrogen) atoms. The molecule has 1 saturated heterocycles. The highest BCUT2D eigenvalue weighted by Crippen LogP contribution is 2.20. The second-order valence-electron chi connectivity index (χ2n) is 6.68. The Kier molecular flexibility index (Phi) is 6.65. The predicted octanol–water partition coefficient (Wildman–Crippen LogP) is 2.66. The Bertz CT molecular complexity index is 751. The van der Waals surface area contributed by atoms with Crippen molar-refractivity contribution < 1.29 is 13.9 Å². The van der Waals surface area contributed by atoms with E-state index in [4.69, 9.17) is 4.74 Å². The van der Waals surface area contributed by atoms with Crippen LogP contribution in [-0.4, -0.2) is 50.6 Å². The van der Waals surface area contributed by atoms with Gasteiger partial charge < -0.3 is 15.0 Å². The third-order valence-corrected chi connectivity index (χ3v) is 4.83. The predicted molar refractivity (Wildman–Crippen MR) is 105 cm³/mol. The molecule has 0 aliphatic carbocycles. The number of methoxy groups -OCH3 is 1. The lowest BCUT2D eigenvalue weighted by molar-refractivity contribution is -0.122. The quantitative estimate of drug-likeness (QED) is 0.848. The molecular weight excluding hydrogens is 345 g/mol. The van der Waals surface area contributed by atoms with E-state index in [1.165, 1.54) is 11.8 Å². The molecule has 144 valence electrons. The topological polar surface area (TPSA) is 44.8 Å². The molecule has 1 amide bonds. The first-order valence-corrected chi connectivity index (χ1v) is 9.27. The summed E-state index contributed by atoms with van der Waals surface area (Å²) in [4.78, 5) is 16.7. The number of carbonyl (C=O) groups is 1. The van der Waals surface area contributed by atoms with E-state index in [2.05, 4.69) is 27.2 Å². The van der Waals surface area contributed by atoms with Crippen LogP contribution in [0.5, 0.6) is 5.75 Å². The van der Waals surface area contributed by atoms with E-state index in [1.54, 1.807) is 25.3 Å². The number of benzene rings is 2. The molecule has 5 nitrogen and oxygen atoms in total. The van der Waals surface area contributed by atoms with Crippen LogP contribution in [0.4, 0.5) is 10.1 Å². The van der Waals surface area contributed by atoms with E-state index < -0.39 is 0 Å². The molecule has 0 saturated carbocycles. The molecule has 1 N–H and O–H groups in total. The number of ether oxygens (including phenoxy) is 1. The molecule has 2 aromatic carbocycles. The molecule has 0 aromatic heterocycles. The second kappa shape index (κ2) is 9.37. The zero-order chi connectivity index (χ0) is 19.1. The van der Waals surface area contributed by atoms with Crippen molar-refractivity contribution in [2.24, 2.45) is 0 Å². The van der Waals surface area contributed by atoms with E-state index in [9.17, 15) is 9.18 Å². The van der Waals surface area contributed by atoms with Crippen LogP contribution in [0.1, 0.15) is 12.0 Å². The van der Waals surface area contributed by atoms with Crippen LogP contribution in [-0.2, 0) is 11.3 Å². The summed E-state index contributed by atoms with van der Waals surface area (Å²) in [5.74, 6) is 0.487. The average Bonchev–Trinajstić information content (AvgIpc) is 2.93. The van der Waals surface area contributed by atoms with Gasteiger partial charge in [-0.2, -0.15) is 0 Å². The van der Waals surface area contributed by atoms with E-state index >= 15 is 0 Å². The summed E-state index contributed by atoms with van der Waals surface area (Å²) in [7, 11) is 1.66. The summed E-state index contributed by atoms with van der Waals surface area (Å²) in [5, 5.41) is 2.81. The molecule has 1 aliphatic rings. The molecule has 0 spiro atoms. The maximum Gasteiger partial charge on any atom is 0.234 e. The van der Waals surface area contributed by atoms with Crippen molar-refractivity contribution in [1.29, 1.82) is 0 Å². The Morgan fingerprint density at radius 3 is 2.59 bits per heavy atom. The van der Waals surface area contributed by atoms with Crippen LogP contribution in [0, 0.1) is 5.82 Å². The molecule has 0 radical (unpaired) electrons. The van der Waals surface area contributed by atoms with E-state index in [0.29, 0.717) is 12.1 Å². The number of anilines is 1. The number of hydrogen-bond acceptors (Lipinski definition) is 4. The minimum absolute atomic E-state index is 0.0730. The number of nitrogens with zero attached hydrogens (tertiary/aromatic N) is 2. The van der Waals surface area contributed by atoms with Crippen LogP contribution >= 0.6 is 0 Å². The first kappa shape index (κ1) is 19.2. The Morgan fingerprint density at radius 1 is 1.07 bits per heavy atom. The van der Waals surface area contributed by atoms with Gasteiger partial charge in [-0.3, -0.25) is 9.69 Å². The van der Waals surface area contributed by atoms with E-state index in [-0.39, 0.29) is 18.3 Å². The lowest BCUT2D eigenvalue weighted by Crippen LogP contribution is -2.39. The monoisotopic (exact) mass is 371 g/mol. The van der Waals surface area contributed by atoms with Crippen LogP contribution in [0.3, 0.4) is 0 Å². The summed E-state index contributed by atoms with van der Waals surface area (Å²) in [6.45, 7) is 4.08. The van der Waals surface area contributed by atoms with Crippen molar-refractivity contribution in [2.45, 2.75) is 13.0 Å². The Hall–Kier alpha value is -2.60. The first-order valence-electron chi connectivity index (χ1n) is 9.27. The molecule has 0 unspecified atom stereocenters. The lowest BCUT2D eigenvalue weighted by Gasteiger charge is -2.23. The van der Waals surface area contributed by atoms with Gasteiger partial charge in [-0.05, 0) is 36.8 Å². The van der Waals surface area contributed by atoms with Gasteiger partial charge in [0.1, 0.15) is 11.6 Å². The number of hydrogen-bond donors (Lipinski definition) is 1. The highest BCUT2D eigenvalue weighted by atomic mass is 19.1. The van der Waals surface area contributed by atoms with Crippen LogP contribution in [0.25, 0.3) is 0 Å². The van der Waals surface area contributed by atoms with Crippen molar-refractivity contribution in [3.8, 4) is 5.75 Å². The smallest absolute Gasteiger partial charge is 0.234 e. The highest BCUT2D eigenvalue weighted by molar-refractivity contribution is 5.78. The molecule has 3 rings (SSSR count). The number of halogens is 1. The summed E-state index contributed by atoms with van der Waals surface area (Å²) < 4.78 is 18.8. The summed E-state index contributed by atoms with van der Waals surface area (Å²) >= 11 is 0. The number of nitrogens with one attached hydrogen (secondary N) is 1. The van der Waals surface area contributed by atoms with Crippen molar-refractivity contribution in [3.05, 3.63) is 59.9 Å². The Balaban J connectivity index is 1.47. The zero-order valence-electron chi connectivity index (χ0n) is 15.7. The van der Waals surface area contributed by atoms with Gasteiger partial charge in [0.2, 0.25) is 5.91 Å². The van der Waals surface area contributed by atoms with Gasteiger partial charge in [-0.25, -0.2) is 4.39 Å². The highest BCUT2D eigenvalue weighted by Gasteiger charge is 2.17. The van der Waals surface area contributed by atoms with Gasteiger partial charge in [0, 0.05) is 44.0 Å². The fourth-order valence-corrected chi connectivity index (χ4v) is 3.27. The summed E-state index contributed by atoms with van der Waals surface area (Å²) in [6.07, 6.45) is 0.993. The minimum atomic E-state index is -0.289. The van der Waals surface area contributed by atoms with Gasteiger partial charge in [-0.1, -0.05) is 18.2 Å². The molecule has 1 fully saturated rings. The first-order chi connectivity index (χ1) is 13.2. The molecule has 0 bridgehead atoms. The SMILES string of the molecule is COc1ccc(N2CCCN(CC(=O)NCc3ccccc3F)CC2)cc1. The van der Waals surface area contributed by atoms with Gasteiger partial charge in [0.05, 0.1) is 13.7 Å². The number of carbonyl (C=O) groups excluding carboxylic acids is 1. The van der Waals surface area contributed by atoms with Crippen molar-refractivity contribution in [2.75, 3.05) is 44.7 Å². The normalized spacial score (nSPS) is 15.3. The average molecular weight is 371 g/mol. The Labute approximate surface area is 159 Å². The summed E-state index contributed by atoms with van der Waals surface area (Å²) in [6, 6.07) is 14.6. The third-order valence-electron chi connectivity index (χ3n) is 4.83. The zero-order valence-corrected chi connectivity index (χ0v) is 15.7. The molecule has 1 heterocycles. The standard InChI is InChI=1S/C21H26FN3O2/c1-27-19-9-7-18(8-10-19)25-12-4-11-24(13-14-25)16-21(26)23-15-17-5-2-3-6-20(17)22/h2-3,5-10H,4,11-16H2,1H3,(H,23,26). The fraction of sp³-hybridized carbons (Fsp3) is 0.381. The summed E-state index contributed by atoms with van der Waals surface area (Å²) in [5.41, 5.74) is 1.68. The van der Waals surface area contributed by atoms with E-state index in [0.717, 1.165) is 38.3 Å². The maximum atomic E-state index is 13.6. The largest absolute Gasteiger partial charge is 0.497 e. The van der Waals surface area contributed by atoms with Crippen LogP contribution in [0.15, 0.2) is 48.5 Å². The minimum Gasteiger partial charge on any atom is -0.497 e. The van der Waals surface area contributed by atoms with Crippen molar-refractivity contribution in [3.63, 3.8) is 0 Å². The van der Waals surface area contributed by atoms with Gasteiger partial charge in [0.15, 0.2) is 0 Å². The van der Waals surface area contributed by atoms with Crippen molar-refractivity contribution in [1.82, 2.24) is 10.2 Å². The molecular formula is C21H26FN3O2. The Morgan fingerprint density at radius 2 is 1.85 bits per heavy atom. The van der Waals surface area contributed by atoms with E-state index in [1.807, 2.05) is 12.1 Å². The lowest BCUT2D eigenvalue weighted by atomic mass is 10.2. The molecule has 0 atom stereocenters. The number of rotatable bonds is 6. The molecule has 2 aromatic rings. The van der Waals surface area contributed by atoms with Gasteiger partial charge >= 0.3 is 0 Å². The molecule has 6 heteroatoms. The van der Waals surface area contributed by atoms with Crippen molar-refractivity contribution >= 4 is 11.6 Å². The van der Waals surface area contributed by atoms with Gasteiger partial charge in [0.25, 0.3) is 0 Å². The maximum absolute atomic E-state index is 13.6. The van der Waals surface area contributed by atoms with Crippen LogP contribution < -0.4 is 15.0 Å². The molecule has 1 aliphatic heterocycles. The van der Waals surface area contributed by atoms with Crippen LogP contribution in [0.2, 0.25) is 0 Å².